The first kappa shape index (κ1) is 11.5. The van der Waals surface area contributed by atoms with Crippen LogP contribution in [0.5, 0.6) is 5.75 Å². The lowest BCUT2D eigenvalue weighted by Gasteiger charge is -2.42. The lowest BCUT2D eigenvalue weighted by molar-refractivity contribution is 0.00965. The Bertz CT molecular complexity index is 452. The second-order valence-corrected chi connectivity index (χ2v) is 6.16. The molecule has 1 spiro atoms. The normalized spacial score (nSPS) is 23.2. The highest BCUT2D eigenvalue weighted by atomic mass is 127. The van der Waals surface area contributed by atoms with E-state index in [1.807, 2.05) is 24.3 Å². The summed E-state index contributed by atoms with van der Waals surface area (Å²) in [4.78, 5) is 12.1. The van der Waals surface area contributed by atoms with Gasteiger partial charge in [-0.25, -0.2) is 3.11 Å². The van der Waals surface area contributed by atoms with Gasteiger partial charge in [0.15, 0.2) is 5.78 Å². The van der Waals surface area contributed by atoms with Crippen LogP contribution in [0.15, 0.2) is 24.3 Å². The molecule has 0 aromatic heterocycles. The topological polar surface area (TPSA) is 29.5 Å². The van der Waals surface area contributed by atoms with Crippen molar-refractivity contribution in [1.29, 1.82) is 0 Å². The van der Waals surface area contributed by atoms with Crippen LogP contribution in [-0.2, 0) is 0 Å². The molecule has 90 valence electrons. The fourth-order valence-electron chi connectivity index (χ4n) is 2.61. The van der Waals surface area contributed by atoms with Crippen molar-refractivity contribution in [2.45, 2.75) is 24.9 Å². The molecule has 1 saturated heterocycles. The zero-order chi connectivity index (χ0) is 11.9. The Kier molecular flexibility index (Phi) is 2.86. The number of hydrogen-bond donors (Lipinski definition) is 0. The Morgan fingerprint density at radius 3 is 2.71 bits per heavy atom. The van der Waals surface area contributed by atoms with Crippen LogP contribution in [0, 0.1) is 0 Å². The number of nitrogens with zero attached hydrogens (tertiary/aromatic N) is 1. The largest absolute Gasteiger partial charge is 0.486 e. The number of fused-ring (bicyclic) bond motifs is 1. The van der Waals surface area contributed by atoms with Gasteiger partial charge in [-0.05, 0) is 12.1 Å². The fourth-order valence-corrected chi connectivity index (χ4v) is 3.09. The molecule has 1 aromatic carbocycles. The van der Waals surface area contributed by atoms with E-state index in [-0.39, 0.29) is 11.4 Å². The molecule has 0 N–H and O–H groups in total. The predicted molar refractivity (Wildman–Crippen MR) is 73.6 cm³/mol. The average Bonchev–Trinajstić information content (AvgIpc) is 2.34. The van der Waals surface area contributed by atoms with Crippen molar-refractivity contribution >= 4 is 28.6 Å². The van der Waals surface area contributed by atoms with E-state index in [0.717, 1.165) is 37.2 Å². The first-order valence-corrected chi connectivity index (χ1v) is 6.87. The van der Waals surface area contributed by atoms with Crippen LogP contribution in [-0.4, -0.2) is 27.6 Å². The zero-order valence-corrected chi connectivity index (χ0v) is 11.6. The summed E-state index contributed by atoms with van der Waals surface area (Å²) in [7, 11) is 0. The van der Waals surface area contributed by atoms with Crippen LogP contribution in [0.25, 0.3) is 0 Å². The molecule has 1 aromatic rings. The van der Waals surface area contributed by atoms with Crippen LogP contribution < -0.4 is 4.74 Å². The smallest absolute Gasteiger partial charge is 0.170 e. The molecule has 17 heavy (non-hydrogen) atoms. The fraction of sp³-hybridized carbons (Fsp3) is 0.462. The molecule has 3 nitrogen and oxygen atoms in total. The van der Waals surface area contributed by atoms with Gasteiger partial charge < -0.3 is 4.74 Å². The zero-order valence-electron chi connectivity index (χ0n) is 9.49. The van der Waals surface area contributed by atoms with Crippen LogP contribution in [0.1, 0.15) is 29.6 Å². The van der Waals surface area contributed by atoms with Crippen LogP contribution >= 0.6 is 22.9 Å². The van der Waals surface area contributed by atoms with Gasteiger partial charge in [0.2, 0.25) is 0 Å². The van der Waals surface area contributed by atoms with Gasteiger partial charge in [-0.15, -0.1) is 0 Å². The van der Waals surface area contributed by atoms with Gasteiger partial charge >= 0.3 is 0 Å². The van der Waals surface area contributed by atoms with Crippen molar-refractivity contribution < 1.29 is 9.53 Å². The van der Waals surface area contributed by atoms with Gasteiger partial charge in [-0.2, -0.15) is 0 Å². The molecular weight excluding hydrogens is 329 g/mol. The molecule has 0 atom stereocenters. The molecule has 0 aliphatic carbocycles. The minimum atomic E-state index is -0.243. The lowest BCUT2D eigenvalue weighted by atomic mass is 9.83. The van der Waals surface area contributed by atoms with Crippen molar-refractivity contribution in [3.8, 4) is 5.75 Å². The number of ketones is 1. The summed E-state index contributed by atoms with van der Waals surface area (Å²) in [5, 5.41) is 0. The third-order valence-corrected chi connectivity index (χ3v) is 4.58. The summed E-state index contributed by atoms with van der Waals surface area (Å²) in [5.74, 6) is 0.999. The van der Waals surface area contributed by atoms with Crippen LogP contribution in [0.2, 0.25) is 0 Å². The van der Waals surface area contributed by atoms with E-state index < -0.39 is 0 Å². The van der Waals surface area contributed by atoms with Gasteiger partial charge in [0.1, 0.15) is 11.4 Å². The second kappa shape index (κ2) is 4.24. The second-order valence-electron chi connectivity index (χ2n) is 4.79. The van der Waals surface area contributed by atoms with E-state index in [9.17, 15) is 4.79 Å². The Morgan fingerprint density at radius 1 is 1.24 bits per heavy atom. The number of Topliss-reactive ketones (excluding diaryl/α,β-unsaturated/α-hetero) is 1. The van der Waals surface area contributed by atoms with E-state index in [1.165, 1.54) is 0 Å². The molecule has 4 heteroatoms. The highest BCUT2D eigenvalue weighted by Gasteiger charge is 2.42. The standard InChI is InChI=1S/C13H14INO2/c14-15-7-5-13(6-8-15)9-11(16)10-3-1-2-4-12(10)17-13/h1-4H,5-9H2. The third kappa shape index (κ3) is 2.08. The number of benzene rings is 1. The molecule has 2 aliphatic heterocycles. The number of hydrogen-bond acceptors (Lipinski definition) is 3. The Hall–Kier alpha value is -0.620. The first-order valence-electron chi connectivity index (χ1n) is 5.91. The molecule has 0 bridgehead atoms. The summed E-state index contributed by atoms with van der Waals surface area (Å²) >= 11 is 2.33. The first-order chi connectivity index (χ1) is 8.19. The van der Waals surface area contributed by atoms with Gasteiger partial charge in [-0.1, -0.05) is 12.1 Å². The summed E-state index contributed by atoms with van der Waals surface area (Å²) in [6, 6.07) is 7.59. The van der Waals surface area contributed by atoms with Crippen molar-refractivity contribution in [3.05, 3.63) is 29.8 Å². The predicted octanol–water partition coefficient (Wildman–Crippen LogP) is 2.84. The number of ether oxygens (including phenoxy) is 1. The molecule has 3 rings (SSSR count). The van der Waals surface area contributed by atoms with Crippen molar-refractivity contribution in [2.24, 2.45) is 0 Å². The van der Waals surface area contributed by atoms with E-state index in [1.54, 1.807) is 0 Å². The monoisotopic (exact) mass is 343 g/mol. The molecule has 0 saturated carbocycles. The SMILES string of the molecule is O=C1CC2(CCN(I)CC2)Oc2ccccc21. The number of carbonyl (C=O) groups is 1. The van der Waals surface area contributed by atoms with Gasteiger partial charge in [0.05, 0.1) is 12.0 Å². The summed E-state index contributed by atoms with van der Waals surface area (Å²) in [5.41, 5.74) is 0.502. The number of rotatable bonds is 0. The van der Waals surface area contributed by atoms with Crippen molar-refractivity contribution in [2.75, 3.05) is 13.1 Å². The van der Waals surface area contributed by atoms with Gasteiger partial charge in [0.25, 0.3) is 0 Å². The van der Waals surface area contributed by atoms with Gasteiger partial charge in [0, 0.05) is 48.8 Å². The highest BCUT2D eigenvalue weighted by molar-refractivity contribution is 14.1. The number of piperidine rings is 1. The Morgan fingerprint density at radius 2 is 1.94 bits per heavy atom. The number of carbonyl (C=O) groups excluding carboxylic acids is 1. The molecule has 0 radical (unpaired) electrons. The maximum absolute atomic E-state index is 12.1. The number of halogens is 1. The molecule has 2 heterocycles. The molecule has 1 fully saturated rings. The van der Waals surface area contributed by atoms with Crippen LogP contribution in [0.4, 0.5) is 0 Å². The van der Waals surface area contributed by atoms with Crippen LogP contribution in [0.3, 0.4) is 0 Å². The quantitative estimate of drug-likeness (QED) is 0.536. The van der Waals surface area contributed by atoms with E-state index in [0.29, 0.717) is 6.42 Å². The Balaban J connectivity index is 1.91. The summed E-state index contributed by atoms with van der Waals surface area (Å²) in [6.07, 6.45) is 2.42. The van der Waals surface area contributed by atoms with Crippen molar-refractivity contribution in [1.82, 2.24) is 3.11 Å². The molecular formula is C13H14INO2. The molecule has 0 unspecified atom stereocenters. The summed E-state index contributed by atoms with van der Waals surface area (Å²) < 4.78 is 8.39. The number of para-hydroxylation sites is 1. The molecule has 0 amide bonds. The summed E-state index contributed by atoms with van der Waals surface area (Å²) in [6.45, 7) is 1.99. The Labute approximate surface area is 115 Å². The lowest BCUT2D eigenvalue weighted by Crippen LogP contribution is -2.48. The third-order valence-electron chi connectivity index (χ3n) is 3.62. The van der Waals surface area contributed by atoms with Crippen molar-refractivity contribution in [3.63, 3.8) is 0 Å². The van der Waals surface area contributed by atoms with E-state index in [4.69, 9.17) is 4.74 Å². The van der Waals surface area contributed by atoms with Gasteiger partial charge in [-0.3, -0.25) is 4.79 Å². The minimum Gasteiger partial charge on any atom is -0.486 e. The minimum absolute atomic E-state index is 0.230. The average molecular weight is 343 g/mol. The van der Waals surface area contributed by atoms with E-state index >= 15 is 0 Å². The highest BCUT2D eigenvalue weighted by Crippen LogP contribution is 2.39. The molecule has 2 aliphatic rings. The maximum Gasteiger partial charge on any atom is 0.170 e. The maximum atomic E-state index is 12.1. The van der Waals surface area contributed by atoms with E-state index in [2.05, 4.69) is 26.0 Å².